The molecule has 2 nitrogen and oxygen atoms in total. The molecule has 2 aromatic carbocycles. The van der Waals surface area contributed by atoms with Crippen molar-refractivity contribution in [3.63, 3.8) is 0 Å². The highest BCUT2D eigenvalue weighted by Crippen LogP contribution is 2.40. The molecule has 2 aliphatic rings. The van der Waals surface area contributed by atoms with E-state index >= 15 is 0 Å². The zero-order valence-corrected chi connectivity index (χ0v) is 17.9. The van der Waals surface area contributed by atoms with Crippen molar-refractivity contribution in [3.8, 4) is 11.5 Å². The van der Waals surface area contributed by atoms with E-state index in [4.69, 9.17) is 0 Å². The number of aromatic hydroxyl groups is 2. The van der Waals surface area contributed by atoms with Crippen LogP contribution in [0.4, 0.5) is 0 Å². The first-order valence-electron chi connectivity index (χ1n) is 11.8. The second-order valence-electron chi connectivity index (χ2n) is 9.49. The molecule has 0 aliphatic heterocycles. The second-order valence-corrected chi connectivity index (χ2v) is 9.49. The zero-order chi connectivity index (χ0) is 20.2. The maximum atomic E-state index is 10.4. The van der Waals surface area contributed by atoms with E-state index in [1.807, 2.05) is 12.1 Å². The average Bonchev–Trinajstić information content (AvgIpc) is 2.76. The van der Waals surface area contributed by atoms with Gasteiger partial charge in [0.1, 0.15) is 11.5 Å². The van der Waals surface area contributed by atoms with Crippen molar-refractivity contribution >= 4 is 0 Å². The Morgan fingerprint density at radius 1 is 0.724 bits per heavy atom. The fraction of sp³-hybridized carbons (Fsp3) is 0.556. The van der Waals surface area contributed by atoms with Crippen LogP contribution in [0.2, 0.25) is 0 Å². The summed E-state index contributed by atoms with van der Waals surface area (Å²) in [7, 11) is 0. The van der Waals surface area contributed by atoms with E-state index in [1.54, 1.807) is 0 Å². The molecule has 0 spiro atoms. The maximum Gasteiger partial charge on any atom is 0.119 e. The third-order valence-electron chi connectivity index (χ3n) is 7.34. The SMILES string of the molecule is CC(Cc1ccc(O)c(C2CCCCC2)c1)c1ccc(O)c(C2CCCCC2)c1. The highest BCUT2D eigenvalue weighted by molar-refractivity contribution is 5.42. The van der Waals surface area contributed by atoms with Gasteiger partial charge < -0.3 is 10.2 Å². The lowest BCUT2D eigenvalue weighted by Crippen LogP contribution is -2.07. The summed E-state index contributed by atoms with van der Waals surface area (Å²) in [5.74, 6) is 2.37. The summed E-state index contributed by atoms with van der Waals surface area (Å²) in [6.45, 7) is 2.28. The van der Waals surface area contributed by atoms with Crippen LogP contribution in [0.1, 0.15) is 111 Å². The molecule has 4 rings (SSSR count). The molecule has 0 saturated heterocycles. The molecule has 29 heavy (non-hydrogen) atoms. The van der Waals surface area contributed by atoms with Crippen molar-refractivity contribution in [2.75, 3.05) is 0 Å². The minimum Gasteiger partial charge on any atom is -0.508 e. The average molecular weight is 393 g/mol. The fourth-order valence-electron chi connectivity index (χ4n) is 5.56. The van der Waals surface area contributed by atoms with Gasteiger partial charge in [0.15, 0.2) is 0 Å². The van der Waals surface area contributed by atoms with Crippen molar-refractivity contribution < 1.29 is 10.2 Å². The van der Waals surface area contributed by atoms with Gasteiger partial charge >= 0.3 is 0 Å². The molecule has 0 aromatic heterocycles. The van der Waals surface area contributed by atoms with Crippen molar-refractivity contribution in [1.29, 1.82) is 0 Å². The Morgan fingerprint density at radius 3 is 1.83 bits per heavy atom. The quantitative estimate of drug-likeness (QED) is 0.552. The Kier molecular flexibility index (Phi) is 6.47. The molecule has 2 aromatic rings. The van der Waals surface area contributed by atoms with Crippen LogP contribution in [-0.4, -0.2) is 10.2 Å². The Labute approximate surface area is 176 Å². The van der Waals surface area contributed by atoms with Crippen LogP contribution in [0.3, 0.4) is 0 Å². The first kappa shape index (κ1) is 20.3. The summed E-state index contributed by atoms with van der Waals surface area (Å²) >= 11 is 0. The maximum absolute atomic E-state index is 10.4. The van der Waals surface area contributed by atoms with Crippen molar-refractivity contribution in [1.82, 2.24) is 0 Å². The summed E-state index contributed by atoms with van der Waals surface area (Å²) in [5.41, 5.74) is 4.93. The lowest BCUT2D eigenvalue weighted by atomic mass is 9.81. The van der Waals surface area contributed by atoms with Gasteiger partial charge in [0.25, 0.3) is 0 Å². The van der Waals surface area contributed by atoms with Gasteiger partial charge in [0.05, 0.1) is 0 Å². The van der Waals surface area contributed by atoms with Gasteiger partial charge in [-0.15, -0.1) is 0 Å². The molecule has 1 atom stereocenters. The molecule has 0 radical (unpaired) electrons. The molecule has 2 fully saturated rings. The largest absolute Gasteiger partial charge is 0.508 e. The van der Waals surface area contributed by atoms with Crippen LogP contribution < -0.4 is 0 Å². The predicted octanol–water partition coefficient (Wildman–Crippen LogP) is 7.54. The number of rotatable bonds is 5. The van der Waals surface area contributed by atoms with Gasteiger partial charge in [-0.2, -0.15) is 0 Å². The molecule has 0 heterocycles. The molecular formula is C27H36O2. The summed E-state index contributed by atoms with van der Waals surface area (Å²) in [6, 6.07) is 12.5. The Balaban J connectivity index is 1.51. The minimum absolute atomic E-state index is 0.390. The van der Waals surface area contributed by atoms with Crippen LogP contribution >= 0.6 is 0 Å². The molecule has 1 unspecified atom stereocenters. The lowest BCUT2D eigenvalue weighted by Gasteiger charge is -2.25. The number of benzene rings is 2. The lowest BCUT2D eigenvalue weighted by molar-refractivity contribution is 0.413. The molecule has 2 N–H and O–H groups in total. The van der Waals surface area contributed by atoms with Crippen LogP contribution in [0.25, 0.3) is 0 Å². The number of hydrogen-bond acceptors (Lipinski definition) is 2. The van der Waals surface area contributed by atoms with E-state index in [9.17, 15) is 10.2 Å². The number of phenols is 2. The smallest absolute Gasteiger partial charge is 0.119 e. The van der Waals surface area contributed by atoms with Crippen LogP contribution in [0.5, 0.6) is 11.5 Å². The molecule has 2 aliphatic carbocycles. The predicted molar refractivity (Wildman–Crippen MR) is 120 cm³/mol. The van der Waals surface area contributed by atoms with Gasteiger partial charge in [-0.1, -0.05) is 69.7 Å². The van der Waals surface area contributed by atoms with E-state index in [1.165, 1.54) is 75.3 Å². The molecule has 0 amide bonds. The molecule has 2 saturated carbocycles. The highest BCUT2D eigenvalue weighted by Gasteiger charge is 2.21. The normalized spacial score (nSPS) is 19.9. The van der Waals surface area contributed by atoms with Crippen molar-refractivity contribution in [2.24, 2.45) is 0 Å². The van der Waals surface area contributed by atoms with E-state index < -0.39 is 0 Å². The monoisotopic (exact) mass is 392 g/mol. The van der Waals surface area contributed by atoms with Crippen LogP contribution in [0.15, 0.2) is 36.4 Å². The number of phenolic OH excluding ortho intramolecular Hbond substituents is 2. The van der Waals surface area contributed by atoms with Crippen LogP contribution in [0, 0.1) is 0 Å². The molecule has 2 heteroatoms. The standard InChI is InChI=1S/C27H36O2/c1-19(23-13-15-27(29)25(18-23)22-10-6-3-7-11-22)16-20-12-14-26(28)24(17-20)21-8-4-2-5-9-21/h12-15,17-19,21-22,28-29H,2-11,16H2,1H3. The summed E-state index contributed by atoms with van der Waals surface area (Å²) in [5, 5.41) is 20.9. The van der Waals surface area contributed by atoms with E-state index in [2.05, 4.69) is 31.2 Å². The second kappa shape index (κ2) is 9.24. The van der Waals surface area contributed by atoms with E-state index in [-0.39, 0.29) is 0 Å². The first-order valence-corrected chi connectivity index (χ1v) is 11.8. The molecule has 0 bridgehead atoms. The zero-order valence-electron chi connectivity index (χ0n) is 17.9. The topological polar surface area (TPSA) is 40.5 Å². The minimum atomic E-state index is 0.390. The van der Waals surface area contributed by atoms with E-state index in [0.29, 0.717) is 29.3 Å². The summed E-state index contributed by atoms with van der Waals surface area (Å²) < 4.78 is 0. The molecule has 156 valence electrons. The Morgan fingerprint density at radius 2 is 1.24 bits per heavy atom. The summed E-state index contributed by atoms with van der Waals surface area (Å²) in [4.78, 5) is 0. The first-order chi connectivity index (χ1) is 14.1. The van der Waals surface area contributed by atoms with Crippen molar-refractivity contribution in [2.45, 2.75) is 95.3 Å². The molecular weight excluding hydrogens is 356 g/mol. The number of hydrogen-bond donors (Lipinski definition) is 2. The van der Waals surface area contributed by atoms with Gasteiger partial charge in [0, 0.05) is 0 Å². The van der Waals surface area contributed by atoms with Gasteiger partial charge in [0.2, 0.25) is 0 Å². The van der Waals surface area contributed by atoms with E-state index in [0.717, 1.165) is 17.5 Å². The van der Waals surface area contributed by atoms with Crippen molar-refractivity contribution in [3.05, 3.63) is 58.7 Å². The Bertz CT molecular complexity index is 813. The Hall–Kier alpha value is -1.96. The highest BCUT2D eigenvalue weighted by atomic mass is 16.3. The summed E-state index contributed by atoms with van der Waals surface area (Å²) in [6.07, 6.45) is 13.6. The third kappa shape index (κ3) is 4.79. The van der Waals surface area contributed by atoms with Gasteiger partial charge in [-0.05, 0) is 84.2 Å². The van der Waals surface area contributed by atoms with Gasteiger partial charge in [-0.25, -0.2) is 0 Å². The van der Waals surface area contributed by atoms with Crippen LogP contribution in [-0.2, 0) is 6.42 Å². The fourth-order valence-corrected chi connectivity index (χ4v) is 5.56. The third-order valence-corrected chi connectivity index (χ3v) is 7.34. The van der Waals surface area contributed by atoms with Gasteiger partial charge in [-0.3, -0.25) is 0 Å².